The fourth-order valence-electron chi connectivity index (χ4n) is 2.34. The van der Waals surface area contributed by atoms with Crippen LogP contribution in [0.25, 0.3) is 11.5 Å². The molecule has 0 radical (unpaired) electrons. The highest BCUT2D eigenvalue weighted by Gasteiger charge is 2.15. The number of benzene rings is 1. The van der Waals surface area contributed by atoms with Gasteiger partial charge >= 0.3 is 0 Å². The summed E-state index contributed by atoms with van der Waals surface area (Å²) in [5, 5.41) is 18.7. The Labute approximate surface area is 144 Å². The van der Waals surface area contributed by atoms with Crippen molar-refractivity contribution in [3.8, 4) is 17.2 Å². The minimum atomic E-state index is -0.317. The molecule has 2 aromatic heterocycles. The van der Waals surface area contributed by atoms with Gasteiger partial charge in [0, 0.05) is 5.56 Å². The van der Waals surface area contributed by atoms with Gasteiger partial charge in [0.2, 0.25) is 0 Å². The molecule has 0 saturated heterocycles. The third kappa shape index (κ3) is 3.89. The number of carbonyl (C=O) groups is 1. The summed E-state index contributed by atoms with van der Waals surface area (Å²) in [5.41, 5.74) is 2.29. The summed E-state index contributed by atoms with van der Waals surface area (Å²) in [6.07, 6.45) is 0. The van der Waals surface area contributed by atoms with Crippen LogP contribution in [0.15, 0.2) is 40.8 Å². The molecule has 0 fully saturated rings. The van der Waals surface area contributed by atoms with Gasteiger partial charge in [-0.2, -0.15) is 5.10 Å². The topological polar surface area (TPSA) is 100 Å². The second-order valence-corrected chi connectivity index (χ2v) is 5.62. The standard InChI is InChI=1S/C18H19N3O4/c1-11-3-8-15(25-11)17-12(2)18(21-20-17)19-16(23)10-24-14-6-4-13(9-22)5-7-14/h3-8,22H,9-10H2,1-2H3,(H2,19,20,21,23). The zero-order valence-corrected chi connectivity index (χ0v) is 14.0. The Bertz CT molecular complexity index is 865. The second-order valence-electron chi connectivity index (χ2n) is 5.62. The predicted molar refractivity (Wildman–Crippen MR) is 92.3 cm³/mol. The van der Waals surface area contributed by atoms with Gasteiger partial charge in [-0.15, -0.1) is 0 Å². The average Bonchev–Trinajstić information content (AvgIpc) is 3.20. The van der Waals surface area contributed by atoms with Crippen LogP contribution >= 0.6 is 0 Å². The summed E-state index contributed by atoms with van der Waals surface area (Å²) >= 11 is 0. The molecule has 3 rings (SSSR count). The van der Waals surface area contributed by atoms with Gasteiger partial charge in [0.15, 0.2) is 18.2 Å². The summed E-state index contributed by atoms with van der Waals surface area (Å²) in [6.45, 7) is 3.54. The van der Waals surface area contributed by atoms with Crippen molar-refractivity contribution in [3.63, 3.8) is 0 Å². The van der Waals surface area contributed by atoms with Crippen LogP contribution in [0.3, 0.4) is 0 Å². The molecule has 0 bridgehead atoms. The normalized spacial score (nSPS) is 10.7. The fourth-order valence-corrected chi connectivity index (χ4v) is 2.34. The number of aryl methyl sites for hydroxylation is 1. The summed E-state index contributed by atoms with van der Waals surface area (Å²) in [7, 11) is 0. The Morgan fingerprint density at radius 2 is 2.00 bits per heavy atom. The van der Waals surface area contributed by atoms with Crippen LogP contribution in [-0.4, -0.2) is 27.8 Å². The average molecular weight is 341 g/mol. The fraction of sp³-hybridized carbons (Fsp3) is 0.222. The highest BCUT2D eigenvalue weighted by molar-refractivity contribution is 5.92. The summed E-state index contributed by atoms with van der Waals surface area (Å²) in [6, 6.07) is 10.6. The Hall–Kier alpha value is -3.06. The summed E-state index contributed by atoms with van der Waals surface area (Å²) in [4.78, 5) is 12.1. The molecule has 1 aromatic carbocycles. The van der Waals surface area contributed by atoms with Gasteiger partial charge in [0.25, 0.3) is 5.91 Å². The van der Waals surface area contributed by atoms with Crippen molar-refractivity contribution in [2.45, 2.75) is 20.5 Å². The van der Waals surface area contributed by atoms with Crippen molar-refractivity contribution >= 4 is 11.7 Å². The number of nitrogens with one attached hydrogen (secondary N) is 2. The molecule has 3 N–H and O–H groups in total. The lowest BCUT2D eigenvalue weighted by Crippen LogP contribution is -2.20. The van der Waals surface area contributed by atoms with Gasteiger partial charge in [-0.1, -0.05) is 12.1 Å². The van der Waals surface area contributed by atoms with Crippen LogP contribution in [0.2, 0.25) is 0 Å². The summed E-state index contributed by atoms with van der Waals surface area (Å²) < 4.78 is 11.0. The van der Waals surface area contributed by atoms with Gasteiger partial charge in [-0.3, -0.25) is 9.89 Å². The number of ether oxygens (including phenoxy) is 1. The third-order valence-electron chi connectivity index (χ3n) is 3.73. The van der Waals surface area contributed by atoms with E-state index >= 15 is 0 Å². The molecule has 7 heteroatoms. The van der Waals surface area contributed by atoms with Crippen LogP contribution in [-0.2, 0) is 11.4 Å². The Balaban J connectivity index is 1.60. The van der Waals surface area contributed by atoms with E-state index < -0.39 is 0 Å². The van der Waals surface area contributed by atoms with E-state index in [0.29, 0.717) is 17.3 Å². The number of anilines is 1. The van der Waals surface area contributed by atoms with Crippen molar-refractivity contribution < 1.29 is 19.1 Å². The van der Waals surface area contributed by atoms with Crippen LogP contribution < -0.4 is 10.1 Å². The molecule has 0 atom stereocenters. The van der Waals surface area contributed by atoms with Gasteiger partial charge < -0.3 is 19.6 Å². The first-order chi connectivity index (χ1) is 12.1. The second kappa shape index (κ2) is 7.23. The number of rotatable bonds is 6. The van der Waals surface area contributed by atoms with E-state index in [0.717, 1.165) is 22.6 Å². The number of H-pyrrole nitrogens is 1. The lowest BCUT2D eigenvalue weighted by atomic mass is 10.2. The van der Waals surface area contributed by atoms with Crippen LogP contribution in [0.5, 0.6) is 5.75 Å². The molecular weight excluding hydrogens is 322 g/mol. The van der Waals surface area contributed by atoms with Crippen LogP contribution in [0.1, 0.15) is 16.9 Å². The van der Waals surface area contributed by atoms with E-state index in [1.807, 2.05) is 26.0 Å². The summed E-state index contributed by atoms with van der Waals surface area (Å²) in [5.74, 6) is 2.15. The molecular formula is C18H19N3O4. The highest BCUT2D eigenvalue weighted by Crippen LogP contribution is 2.27. The number of carbonyl (C=O) groups excluding carboxylic acids is 1. The molecule has 130 valence electrons. The monoisotopic (exact) mass is 341 g/mol. The van der Waals surface area contributed by atoms with E-state index in [4.69, 9.17) is 14.3 Å². The maximum absolute atomic E-state index is 12.1. The molecule has 0 unspecified atom stereocenters. The SMILES string of the molecule is Cc1ccc(-c2[nH]nc(NC(=O)COc3ccc(CO)cc3)c2C)o1. The largest absolute Gasteiger partial charge is 0.484 e. The van der Waals surface area contributed by atoms with E-state index in [1.54, 1.807) is 24.3 Å². The number of aliphatic hydroxyl groups excluding tert-OH is 1. The molecule has 0 aliphatic heterocycles. The number of aromatic amines is 1. The third-order valence-corrected chi connectivity index (χ3v) is 3.73. The number of hydrogen-bond donors (Lipinski definition) is 3. The van der Waals surface area contributed by atoms with Crippen molar-refractivity contribution in [2.24, 2.45) is 0 Å². The van der Waals surface area contributed by atoms with E-state index in [-0.39, 0.29) is 19.1 Å². The predicted octanol–water partition coefficient (Wildman–Crippen LogP) is 2.80. The first-order valence-corrected chi connectivity index (χ1v) is 7.81. The molecule has 0 aliphatic rings. The number of nitrogens with zero attached hydrogens (tertiary/aromatic N) is 1. The zero-order valence-electron chi connectivity index (χ0n) is 14.0. The minimum absolute atomic E-state index is 0.0310. The maximum atomic E-state index is 12.1. The van der Waals surface area contributed by atoms with Crippen LogP contribution in [0.4, 0.5) is 5.82 Å². The first kappa shape index (κ1) is 16.8. The molecule has 7 nitrogen and oxygen atoms in total. The molecule has 0 spiro atoms. The lowest BCUT2D eigenvalue weighted by molar-refractivity contribution is -0.118. The Kier molecular flexibility index (Phi) is 4.85. The van der Waals surface area contributed by atoms with E-state index in [2.05, 4.69) is 15.5 Å². The number of amides is 1. The first-order valence-electron chi connectivity index (χ1n) is 7.81. The van der Waals surface area contributed by atoms with Gasteiger partial charge in [-0.05, 0) is 43.7 Å². The molecule has 2 heterocycles. The Morgan fingerprint density at radius 1 is 1.24 bits per heavy atom. The Morgan fingerprint density at radius 3 is 2.64 bits per heavy atom. The molecule has 25 heavy (non-hydrogen) atoms. The smallest absolute Gasteiger partial charge is 0.263 e. The number of aromatic nitrogens is 2. The number of hydrogen-bond acceptors (Lipinski definition) is 5. The molecule has 0 aliphatic carbocycles. The molecule has 1 amide bonds. The number of furan rings is 1. The van der Waals surface area contributed by atoms with Gasteiger partial charge in [0.1, 0.15) is 17.2 Å². The molecule has 3 aromatic rings. The van der Waals surface area contributed by atoms with Gasteiger partial charge in [-0.25, -0.2) is 0 Å². The zero-order chi connectivity index (χ0) is 17.8. The van der Waals surface area contributed by atoms with Crippen molar-refractivity contribution in [1.29, 1.82) is 0 Å². The maximum Gasteiger partial charge on any atom is 0.263 e. The lowest BCUT2D eigenvalue weighted by Gasteiger charge is -2.07. The van der Waals surface area contributed by atoms with Crippen molar-refractivity contribution in [1.82, 2.24) is 10.2 Å². The van der Waals surface area contributed by atoms with Crippen LogP contribution in [0, 0.1) is 13.8 Å². The van der Waals surface area contributed by atoms with Crippen molar-refractivity contribution in [2.75, 3.05) is 11.9 Å². The van der Waals surface area contributed by atoms with E-state index in [1.165, 1.54) is 0 Å². The minimum Gasteiger partial charge on any atom is -0.484 e. The number of aliphatic hydroxyl groups is 1. The van der Waals surface area contributed by atoms with E-state index in [9.17, 15) is 4.79 Å². The highest BCUT2D eigenvalue weighted by atomic mass is 16.5. The van der Waals surface area contributed by atoms with Gasteiger partial charge in [0.05, 0.1) is 6.61 Å². The quantitative estimate of drug-likeness (QED) is 0.640. The van der Waals surface area contributed by atoms with Crippen molar-refractivity contribution in [3.05, 3.63) is 53.3 Å². The molecule has 0 saturated carbocycles.